The SMILES string of the molecule is CCCCCC(CC)c1ccc(C)c(C=O)c1. The molecule has 0 N–H and O–H groups in total. The van der Waals surface area contributed by atoms with Crippen molar-refractivity contribution in [2.45, 2.75) is 58.8 Å². The number of unbranched alkanes of at least 4 members (excludes halogenated alkanes) is 2. The van der Waals surface area contributed by atoms with Crippen molar-refractivity contribution in [3.8, 4) is 0 Å². The van der Waals surface area contributed by atoms with Crippen LogP contribution in [0.25, 0.3) is 0 Å². The van der Waals surface area contributed by atoms with Gasteiger partial charge in [-0.3, -0.25) is 4.79 Å². The molecule has 0 aliphatic carbocycles. The Morgan fingerprint density at radius 1 is 1.24 bits per heavy atom. The summed E-state index contributed by atoms with van der Waals surface area (Å²) in [7, 11) is 0. The topological polar surface area (TPSA) is 17.1 Å². The van der Waals surface area contributed by atoms with E-state index in [-0.39, 0.29) is 0 Å². The van der Waals surface area contributed by atoms with Crippen LogP contribution in [0.1, 0.15) is 73.4 Å². The Balaban J connectivity index is 2.77. The molecular formula is C16H24O. The average molecular weight is 232 g/mol. The highest BCUT2D eigenvalue weighted by Crippen LogP contribution is 2.27. The quantitative estimate of drug-likeness (QED) is 0.483. The van der Waals surface area contributed by atoms with Crippen molar-refractivity contribution in [2.75, 3.05) is 0 Å². The average Bonchev–Trinajstić information content (AvgIpc) is 2.36. The molecule has 1 aromatic carbocycles. The highest BCUT2D eigenvalue weighted by Gasteiger charge is 2.10. The summed E-state index contributed by atoms with van der Waals surface area (Å²) in [6.07, 6.45) is 7.24. The molecule has 1 rings (SSSR count). The first kappa shape index (κ1) is 14.0. The Morgan fingerprint density at radius 3 is 2.59 bits per heavy atom. The molecule has 1 aromatic rings. The van der Waals surface area contributed by atoms with E-state index in [9.17, 15) is 4.79 Å². The minimum Gasteiger partial charge on any atom is -0.298 e. The monoisotopic (exact) mass is 232 g/mol. The molecule has 0 aliphatic heterocycles. The van der Waals surface area contributed by atoms with Crippen molar-refractivity contribution in [3.05, 3.63) is 34.9 Å². The second kappa shape index (κ2) is 7.26. The Bertz CT molecular complexity index is 355. The van der Waals surface area contributed by atoms with Crippen LogP contribution in [0.3, 0.4) is 0 Å². The molecule has 1 unspecified atom stereocenters. The highest BCUT2D eigenvalue weighted by atomic mass is 16.1. The molecule has 0 spiro atoms. The van der Waals surface area contributed by atoms with Gasteiger partial charge in [0.1, 0.15) is 6.29 Å². The molecule has 0 fully saturated rings. The smallest absolute Gasteiger partial charge is 0.150 e. The molecule has 0 amide bonds. The van der Waals surface area contributed by atoms with E-state index in [1.54, 1.807) is 0 Å². The fourth-order valence-corrected chi connectivity index (χ4v) is 2.29. The van der Waals surface area contributed by atoms with E-state index in [0.717, 1.165) is 23.8 Å². The van der Waals surface area contributed by atoms with Crippen molar-refractivity contribution >= 4 is 6.29 Å². The zero-order valence-corrected chi connectivity index (χ0v) is 11.3. The standard InChI is InChI=1S/C16H24O/c1-4-6-7-8-14(5-2)15-10-9-13(3)16(11-15)12-17/h9-12,14H,4-8H2,1-3H3. The molecule has 0 bridgehead atoms. The fraction of sp³-hybridized carbons (Fsp3) is 0.562. The molecule has 0 saturated carbocycles. The number of aldehydes is 1. The van der Waals surface area contributed by atoms with Gasteiger partial charge in [0.2, 0.25) is 0 Å². The van der Waals surface area contributed by atoms with Gasteiger partial charge in [-0.05, 0) is 42.9 Å². The van der Waals surface area contributed by atoms with Crippen molar-refractivity contribution in [3.63, 3.8) is 0 Å². The number of benzene rings is 1. The van der Waals surface area contributed by atoms with Crippen LogP contribution in [0.2, 0.25) is 0 Å². The van der Waals surface area contributed by atoms with Gasteiger partial charge in [0, 0.05) is 5.56 Å². The van der Waals surface area contributed by atoms with Crippen molar-refractivity contribution < 1.29 is 4.79 Å². The molecular weight excluding hydrogens is 208 g/mol. The lowest BCUT2D eigenvalue weighted by Gasteiger charge is -2.16. The first-order valence-corrected chi connectivity index (χ1v) is 6.78. The van der Waals surface area contributed by atoms with E-state index in [1.807, 2.05) is 6.92 Å². The van der Waals surface area contributed by atoms with Gasteiger partial charge in [0.25, 0.3) is 0 Å². The largest absolute Gasteiger partial charge is 0.298 e. The number of hydrogen-bond donors (Lipinski definition) is 0. The van der Waals surface area contributed by atoms with Crippen LogP contribution < -0.4 is 0 Å². The first-order valence-electron chi connectivity index (χ1n) is 6.78. The predicted octanol–water partition coefficient (Wildman–Crippen LogP) is 4.88. The van der Waals surface area contributed by atoms with Crippen LogP contribution >= 0.6 is 0 Å². The van der Waals surface area contributed by atoms with Gasteiger partial charge in [-0.15, -0.1) is 0 Å². The third-order valence-electron chi connectivity index (χ3n) is 3.55. The maximum absolute atomic E-state index is 11.0. The van der Waals surface area contributed by atoms with Gasteiger partial charge in [-0.25, -0.2) is 0 Å². The van der Waals surface area contributed by atoms with Crippen molar-refractivity contribution in [1.29, 1.82) is 0 Å². The summed E-state index contributed by atoms with van der Waals surface area (Å²) < 4.78 is 0. The summed E-state index contributed by atoms with van der Waals surface area (Å²) in [5.41, 5.74) is 3.25. The second-order valence-electron chi connectivity index (χ2n) is 4.83. The summed E-state index contributed by atoms with van der Waals surface area (Å²) in [4.78, 5) is 11.0. The molecule has 0 heterocycles. The van der Waals surface area contributed by atoms with Crippen LogP contribution in [0.5, 0.6) is 0 Å². The van der Waals surface area contributed by atoms with Crippen LogP contribution in [-0.4, -0.2) is 6.29 Å². The van der Waals surface area contributed by atoms with Crippen LogP contribution in [-0.2, 0) is 0 Å². The van der Waals surface area contributed by atoms with E-state index in [2.05, 4.69) is 32.0 Å². The summed E-state index contributed by atoms with van der Waals surface area (Å²) in [5, 5.41) is 0. The molecule has 0 aliphatic rings. The van der Waals surface area contributed by atoms with Gasteiger partial charge in [-0.2, -0.15) is 0 Å². The van der Waals surface area contributed by atoms with Crippen LogP contribution in [0, 0.1) is 6.92 Å². The van der Waals surface area contributed by atoms with E-state index >= 15 is 0 Å². The maximum Gasteiger partial charge on any atom is 0.150 e. The lowest BCUT2D eigenvalue weighted by atomic mass is 9.89. The Hall–Kier alpha value is -1.11. The van der Waals surface area contributed by atoms with Crippen molar-refractivity contribution in [1.82, 2.24) is 0 Å². The van der Waals surface area contributed by atoms with Gasteiger partial charge < -0.3 is 0 Å². The Labute approximate surface area is 105 Å². The molecule has 1 heteroatoms. The summed E-state index contributed by atoms with van der Waals surface area (Å²) in [5.74, 6) is 0.612. The minimum absolute atomic E-state index is 0.612. The molecule has 0 radical (unpaired) electrons. The van der Waals surface area contributed by atoms with E-state index in [4.69, 9.17) is 0 Å². The first-order chi connectivity index (χ1) is 8.22. The van der Waals surface area contributed by atoms with Crippen molar-refractivity contribution in [2.24, 2.45) is 0 Å². The molecule has 1 nitrogen and oxygen atoms in total. The fourth-order valence-electron chi connectivity index (χ4n) is 2.29. The molecule has 0 saturated heterocycles. The zero-order valence-electron chi connectivity index (χ0n) is 11.3. The number of carbonyl (C=O) groups excluding carboxylic acids is 1. The number of rotatable bonds is 7. The normalized spacial score (nSPS) is 12.4. The van der Waals surface area contributed by atoms with Gasteiger partial charge >= 0.3 is 0 Å². The van der Waals surface area contributed by atoms with Gasteiger partial charge in [0.15, 0.2) is 0 Å². The Kier molecular flexibility index (Phi) is 5.96. The Morgan fingerprint density at radius 2 is 2.00 bits per heavy atom. The lowest BCUT2D eigenvalue weighted by Crippen LogP contribution is -1.99. The lowest BCUT2D eigenvalue weighted by molar-refractivity contribution is 0.112. The molecule has 0 aromatic heterocycles. The maximum atomic E-state index is 11.0. The molecule has 17 heavy (non-hydrogen) atoms. The number of aryl methyl sites for hydroxylation is 1. The van der Waals surface area contributed by atoms with E-state index in [1.165, 1.54) is 31.2 Å². The predicted molar refractivity (Wildman–Crippen MR) is 73.7 cm³/mol. The van der Waals surface area contributed by atoms with Gasteiger partial charge in [0.05, 0.1) is 0 Å². The van der Waals surface area contributed by atoms with E-state index in [0.29, 0.717) is 5.92 Å². The molecule has 94 valence electrons. The zero-order chi connectivity index (χ0) is 12.7. The second-order valence-corrected chi connectivity index (χ2v) is 4.83. The number of hydrogen-bond acceptors (Lipinski definition) is 1. The summed E-state index contributed by atoms with van der Waals surface area (Å²) in [6, 6.07) is 6.33. The van der Waals surface area contributed by atoms with Gasteiger partial charge in [-0.1, -0.05) is 45.2 Å². The minimum atomic E-state index is 0.612. The highest BCUT2D eigenvalue weighted by molar-refractivity contribution is 5.77. The third kappa shape index (κ3) is 3.99. The summed E-state index contributed by atoms with van der Waals surface area (Å²) in [6.45, 7) is 6.46. The van der Waals surface area contributed by atoms with E-state index < -0.39 is 0 Å². The van der Waals surface area contributed by atoms with Crippen LogP contribution in [0.15, 0.2) is 18.2 Å². The number of carbonyl (C=O) groups is 1. The van der Waals surface area contributed by atoms with Crippen LogP contribution in [0.4, 0.5) is 0 Å². The summed E-state index contributed by atoms with van der Waals surface area (Å²) >= 11 is 0. The molecule has 1 atom stereocenters. The third-order valence-corrected chi connectivity index (χ3v) is 3.55.